The van der Waals surface area contributed by atoms with E-state index in [4.69, 9.17) is 15.2 Å². The predicted octanol–water partition coefficient (Wildman–Crippen LogP) is 1.16. The Hall–Kier alpha value is -1.83. The van der Waals surface area contributed by atoms with E-state index in [0.29, 0.717) is 5.16 Å². The van der Waals surface area contributed by atoms with Crippen molar-refractivity contribution in [1.82, 2.24) is 9.97 Å². The maximum absolute atomic E-state index is 12.2. The van der Waals surface area contributed by atoms with E-state index >= 15 is 0 Å². The number of carbonyl (C=O) groups is 2. The van der Waals surface area contributed by atoms with Gasteiger partial charge in [-0.2, -0.15) is 0 Å². The zero-order valence-corrected chi connectivity index (χ0v) is 13.3. The van der Waals surface area contributed by atoms with Gasteiger partial charge in [0.1, 0.15) is 5.82 Å². The van der Waals surface area contributed by atoms with Crippen LogP contribution in [0.1, 0.15) is 26.3 Å². The van der Waals surface area contributed by atoms with Crippen molar-refractivity contribution in [1.29, 1.82) is 0 Å². The summed E-state index contributed by atoms with van der Waals surface area (Å²) in [7, 11) is 0. The van der Waals surface area contributed by atoms with Crippen LogP contribution in [-0.2, 0) is 24.5 Å². The molecule has 1 aromatic rings. The summed E-state index contributed by atoms with van der Waals surface area (Å²) in [6.07, 6.45) is 3.16. The Bertz CT molecular complexity index is 518. The van der Waals surface area contributed by atoms with Gasteiger partial charge in [-0.1, -0.05) is 11.8 Å². The van der Waals surface area contributed by atoms with Gasteiger partial charge in [-0.05, 0) is 27.0 Å². The molecular formula is C13H19N3O4S. The molecule has 0 radical (unpaired) electrons. The second kappa shape index (κ2) is 7.26. The number of hydrogen-bond acceptors (Lipinski definition) is 8. The Balaban J connectivity index is 3.36. The lowest BCUT2D eigenvalue weighted by molar-refractivity contribution is -0.163. The van der Waals surface area contributed by atoms with Crippen LogP contribution in [0.5, 0.6) is 0 Å². The first-order chi connectivity index (χ1) is 9.91. The number of rotatable bonds is 6. The fourth-order valence-corrected chi connectivity index (χ4v) is 2.06. The third kappa shape index (κ3) is 3.44. The summed E-state index contributed by atoms with van der Waals surface area (Å²) in [6, 6.07) is 0. The molecule has 0 fully saturated rings. The Labute approximate surface area is 127 Å². The molecule has 0 aliphatic heterocycles. The number of esters is 2. The van der Waals surface area contributed by atoms with Crippen molar-refractivity contribution in [2.45, 2.75) is 31.3 Å². The molecule has 0 amide bonds. The number of nitrogen functional groups attached to an aromatic ring is 1. The van der Waals surface area contributed by atoms with Gasteiger partial charge in [-0.3, -0.25) is 9.59 Å². The van der Waals surface area contributed by atoms with E-state index in [1.165, 1.54) is 24.9 Å². The van der Waals surface area contributed by atoms with Crippen molar-refractivity contribution in [2.24, 2.45) is 0 Å². The molecule has 0 bridgehead atoms. The monoisotopic (exact) mass is 313 g/mol. The minimum absolute atomic E-state index is 0.0537. The molecule has 0 saturated heterocycles. The van der Waals surface area contributed by atoms with Gasteiger partial charge in [-0.15, -0.1) is 0 Å². The van der Waals surface area contributed by atoms with Gasteiger partial charge in [0, 0.05) is 11.8 Å². The number of thioether (sulfide) groups is 1. The summed E-state index contributed by atoms with van der Waals surface area (Å²) in [5, 5.41) is 0.450. The SMILES string of the molecule is CCOC(=O)C(C)(C(=O)OCC)c1cnc(SC)nc1N. The van der Waals surface area contributed by atoms with Crippen LogP contribution < -0.4 is 5.73 Å². The maximum Gasteiger partial charge on any atom is 0.327 e. The van der Waals surface area contributed by atoms with Gasteiger partial charge in [0.2, 0.25) is 0 Å². The summed E-state index contributed by atoms with van der Waals surface area (Å²) >= 11 is 1.31. The number of nitrogens with two attached hydrogens (primary N) is 1. The number of aromatic nitrogens is 2. The van der Waals surface area contributed by atoms with Crippen LogP contribution in [0.3, 0.4) is 0 Å². The molecule has 21 heavy (non-hydrogen) atoms. The van der Waals surface area contributed by atoms with E-state index in [1.807, 2.05) is 0 Å². The number of anilines is 1. The van der Waals surface area contributed by atoms with Crippen molar-refractivity contribution < 1.29 is 19.1 Å². The molecule has 0 aromatic carbocycles. The Morgan fingerprint density at radius 1 is 1.29 bits per heavy atom. The molecule has 1 rings (SSSR count). The zero-order chi connectivity index (χ0) is 16.0. The normalized spacial score (nSPS) is 11.0. The van der Waals surface area contributed by atoms with Crippen molar-refractivity contribution in [2.75, 3.05) is 25.2 Å². The summed E-state index contributed by atoms with van der Waals surface area (Å²) < 4.78 is 9.97. The molecule has 1 heterocycles. The van der Waals surface area contributed by atoms with Gasteiger partial charge in [0.05, 0.1) is 13.2 Å². The minimum Gasteiger partial charge on any atom is -0.465 e. The Morgan fingerprint density at radius 3 is 2.19 bits per heavy atom. The molecule has 7 nitrogen and oxygen atoms in total. The predicted molar refractivity (Wildman–Crippen MR) is 78.8 cm³/mol. The molecular weight excluding hydrogens is 294 g/mol. The fraction of sp³-hybridized carbons (Fsp3) is 0.538. The number of carbonyl (C=O) groups excluding carboxylic acids is 2. The lowest BCUT2D eigenvalue weighted by Crippen LogP contribution is -2.44. The van der Waals surface area contributed by atoms with Crippen molar-refractivity contribution in [3.8, 4) is 0 Å². The van der Waals surface area contributed by atoms with Gasteiger partial charge in [0.25, 0.3) is 0 Å². The van der Waals surface area contributed by atoms with Crippen LogP contribution in [0.25, 0.3) is 0 Å². The quantitative estimate of drug-likeness (QED) is 0.361. The highest BCUT2D eigenvalue weighted by Crippen LogP contribution is 2.31. The van der Waals surface area contributed by atoms with Crippen LogP contribution in [-0.4, -0.2) is 41.4 Å². The zero-order valence-electron chi connectivity index (χ0n) is 12.5. The van der Waals surface area contributed by atoms with Crippen molar-refractivity contribution in [3.05, 3.63) is 11.8 Å². The third-order valence-electron chi connectivity index (χ3n) is 2.88. The summed E-state index contributed by atoms with van der Waals surface area (Å²) in [5.74, 6) is -1.43. The van der Waals surface area contributed by atoms with E-state index in [2.05, 4.69) is 9.97 Å². The van der Waals surface area contributed by atoms with E-state index in [1.54, 1.807) is 20.1 Å². The van der Waals surface area contributed by atoms with Gasteiger partial charge in [-0.25, -0.2) is 9.97 Å². The van der Waals surface area contributed by atoms with Crippen LogP contribution in [0.2, 0.25) is 0 Å². The van der Waals surface area contributed by atoms with Crippen LogP contribution >= 0.6 is 11.8 Å². The molecule has 0 atom stereocenters. The summed E-state index contributed by atoms with van der Waals surface area (Å²) in [4.78, 5) is 32.6. The van der Waals surface area contributed by atoms with Gasteiger partial charge >= 0.3 is 11.9 Å². The topological polar surface area (TPSA) is 104 Å². The fourth-order valence-electron chi connectivity index (χ4n) is 1.72. The smallest absolute Gasteiger partial charge is 0.327 e. The third-order valence-corrected chi connectivity index (χ3v) is 3.45. The Kier molecular flexibility index (Phi) is 5.95. The highest BCUT2D eigenvalue weighted by Gasteiger charge is 2.48. The Morgan fingerprint density at radius 2 is 1.81 bits per heavy atom. The largest absolute Gasteiger partial charge is 0.465 e. The number of ether oxygens (including phenoxy) is 2. The first-order valence-electron chi connectivity index (χ1n) is 6.43. The van der Waals surface area contributed by atoms with Crippen LogP contribution in [0.4, 0.5) is 5.82 Å². The molecule has 0 unspecified atom stereocenters. The van der Waals surface area contributed by atoms with Crippen LogP contribution in [0, 0.1) is 0 Å². The average Bonchev–Trinajstić information content (AvgIpc) is 2.46. The molecule has 8 heteroatoms. The highest BCUT2D eigenvalue weighted by atomic mass is 32.2. The minimum atomic E-state index is -1.69. The van der Waals surface area contributed by atoms with E-state index < -0.39 is 17.4 Å². The second-order valence-corrected chi connectivity index (χ2v) is 4.99. The second-order valence-electron chi connectivity index (χ2n) is 4.22. The van der Waals surface area contributed by atoms with E-state index in [0.717, 1.165) is 0 Å². The van der Waals surface area contributed by atoms with Gasteiger partial charge < -0.3 is 15.2 Å². The van der Waals surface area contributed by atoms with E-state index in [-0.39, 0.29) is 24.6 Å². The highest BCUT2D eigenvalue weighted by molar-refractivity contribution is 7.98. The molecule has 2 N–H and O–H groups in total. The maximum atomic E-state index is 12.2. The lowest BCUT2D eigenvalue weighted by atomic mass is 9.83. The van der Waals surface area contributed by atoms with Gasteiger partial charge in [0.15, 0.2) is 10.6 Å². The van der Waals surface area contributed by atoms with E-state index in [9.17, 15) is 9.59 Å². The molecule has 0 saturated carbocycles. The van der Waals surface area contributed by atoms with Crippen LogP contribution in [0.15, 0.2) is 11.4 Å². The summed E-state index contributed by atoms with van der Waals surface area (Å²) in [6.45, 7) is 4.98. The number of nitrogens with zero attached hydrogens (tertiary/aromatic N) is 2. The van der Waals surface area contributed by atoms with Crippen molar-refractivity contribution >= 4 is 29.5 Å². The lowest BCUT2D eigenvalue weighted by Gasteiger charge is -2.25. The molecule has 0 aliphatic carbocycles. The molecule has 0 spiro atoms. The standard InChI is InChI=1S/C13H19N3O4S/c1-5-19-10(17)13(3,11(18)20-6-2)8-7-15-12(21-4)16-9(8)14/h7H,5-6H2,1-4H3,(H2,14,15,16). The molecule has 0 aliphatic rings. The summed E-state index contributed by atoms with van der Waals surface area (Å²) in [5.41, 5.74) is 4.36. The number of hydrogen-bond donors (Lipinski definition) is 1. The van der Waals surface area contributed by atoms with Crippen molar-refractivity contribution in [3.63, 3.8) is 0 Å². The average molecular weight is 313 g/mol. The first-order valence-corrected chi connectivity index (χ1v) is 7.65. The molecule has 116 valence electrons. The molecule has 1 aromatic heterocycles. The first kappa shape index (κ1) is 17.2.